The molecule has 0 bridgehead atoms. The molecule has 0 fully saturated rings. The van der Waals surface area contributed by atoms with Crippen LogP contribution in [0.25, 0.3) is 16.7 Å². The predicted octanol–water partition coefficient (Wildman–Crippen LogP) is 4.69. The normalized spacial score (nSPS) is 11.5. The van der Waals surface area contributed by atoms with E-state index in [4.69, 9.17) is 0 Å². The molecule has 140 valence electrons. The molecule has 0 saturated carbocycles. The summed E-state index contributed by atoms with van der Waals surface area (Å²) in [5.74, 6) is -0.280. The second-order valence-corrected chi connectivity index (χ2v) is 6.01. The fraction of sp³-hybridized carbons (Fsp3) is 0.0500. The second-order valence-electron chi connectivity index (χ2n) is 6.01. The van der Waals surface area contributed by atoms with Gasteiger partial charge < -0.3 is 5.32 Å². The van der Waals surface area contributed by atoms with Crippen molar-refractivity contribution in [1.82, 2.24) is 14.5 Å². The maximum atomic E-state index is 13.2. The largest absolute Gasteiger partial charge is 0.417 e. The van der Waals surface area contributed by atoms with Gasteiger partial charge in [0.15, 0.2) is 0 Å². The summed E-state index contributed by atoms with van der Waals surface area (Å²) in [5, 5.41) is 3.30. The molecule has 0 aliphatic rings. The summed E-state index contributed by atoms with van der Waals surface area (Å²) in [5.41, 5.74) is -0.648. The van der Waals surface area contributed by atoms with E-state index in [1.165, 1.54) is 12.1 Å². The smallest absolute Gasteiger partial charge is 0.320 e. The van der Waals surface area contributed by atoms with Crippen molar-refractivity contribution in [3.8, 4) is 5.82 Å². The lowest BCUT2D eigenvalue weighted by Crippen LogP contribution is -2.18. The van der Waals surface area contributed by atoms with Gasteiger partial charge in [0, 0.05) is 17.8 Å². The number of benzene rings is 2. The fourth-order valence-electron chi connectivity index (χ4n) is 2.89. The monoisotopic (exact) mass is 382 g/mol. The number of aromatic nitrogens is 3. The van der Waals surface area contributed by atoms with Gasteiger partial charge in [-0.05, 0) is 30.3 Å². The molecule has 0 spiro atoms. The Morgan fingerprint density at radius 2 is 1.82 bits per heavy atom. The van der Waals surface area contributed by atoms with Crippen LogP contribution in [-0.2, 0) is 6.18 Å². The van der Waals surface area contributed by atoms with E-state index < -0.39 is 23.2 Å². The molecule has 0 aliphatic carbocycles. The van der Waals surface area contributed by atoms with Crippen LogP contribution in [-0.4, -0.2) is 20.4 Å². The van der Waals surface area contributed by atoms with Crippen molar-refractivity contribution in [2.24, 2.45) is 0 Å². The van der Waals surface area contributed by atoms with Crippen LogP contribution >= 0.6 is 0 Å². The molecular weight excluding hydrogens is 369 g/mol. The molecule has 4 rings (SSSR count). The van der Waals surface area contributed by atoms with E-state index in [2.05, 4.69) is 15.3 Å². The lowest BCUT2D eigenvalue weighted by Gasteiger charge is -2.14. The third-order valence-electron chi connectivity index (χ3n) is 4.20. The number of carbonyl (C=O) groups excluding carboxylic acids is 1. The van der Waals surface area contributed by atoms with Gasteiger partial charge in [-0.15, -0.1) is 0 Å². The lowest BCUT2D eigenvalue weighted by molar-refractivity contribution is -0.137. The van der Waals surface area contributed by atoms with Crippen molar-refractivity contribution in [3.05, 3.63) is 84.4 Å². The molecule has 0 saturated heterocycles. The number of amides is 1. The van der Waals surface area contributed by atoms with Gasteiger partial charge in [0.1, 0.15) is 12.1 Å². The summed E-state index contributed by atoms with van der Waals surface area (Å²) in [4.78, 5) is 21.1. The number of para-hydroxylation sites is 1. The van der Waals surface area contributed by atoms with E-state index >= 15 is 0 Å². The highest BCUT2D eigenvalue weighted by Crippen LogP contribution is 2.32. The van der Waals surface area contributed by atoms with Crippen LogP contribution in [0.5, 0.6) is 0 Å². The quantitative estimate of drug-likeness (QED) is 0.559. The molecular formula is C20H13F3N4O. The number of rotatable bonds is 3. The SMILES string of the molecule is O=C(Nc1cccc2ccc(-n3ccnc3)nc12)c1ccccc1C(F)(F)F. The van der Waals surface area contributed by atoms with E-state index in [9.17, 15) is 18.0 Å². The van der Waals surface area contributed by atoms with Gasteiger partial charge in [0.05, 0.1) is 22.3 Å². The zero-order valence-electron chi connectivity index (χ0n) is 14.3. The number of fused-ring (bicyclic) bond motifs is 1. The summed E-state index contributed by atoms with van der Waals surface area (Å²) in [6.45, 7) is 0. The number of anilines is 1. The fourth-order valence-corrected chi connectivity index (χ4v) is 2.89. The zero-order valence-corrected chi connectivity index (χ0v) is 14.3. The Balaban J connectivity index is 1.74. The van der Waals surface area contributed by atoms with Crippen LogP contribution in [0.1, 0.15) is 15.9 Å². The van der Waals surface area contributed by atoms with Gasteiger partial charge in [-0.2, -0.15) is 13.2 Å². The highest BCUT2D eigenvalue weighted by molar-refractivity contribution is 6.09. The Hall–Kier alpha value is -3.68. The molecule has 0 unspecified atom stereocenters. The van der Waals surface area contributed by atoms with Gasteiger partial charge in [-0.3, -0.25) is 9.36 Å². The van der Waals surface area contributed by atoms with Gasteiger partial charge in [0.2, 0.25) is 0 Å². The molecule has 1 amide bonds. The summed E-state index contributed by atoms with van der Waals surface area (Å²) in [7, 11) is 0. The Kier molecular flexibility index (Phi) is 4.31. The van der Waals surface area contributed by atoms with Gasteiger partial charge in [-0.1, -0.05) is 24.3 Å². The average Bonchev–Trinajstić information content (AvgIpc) is 3.22. The molecule has 2 aromatic carbocycles. The van der Waals surface area contributed by atoms with Crippen LogP contribution < -0.4 is 5.32 Å². The van der Waals surface area contributed by atoms with Crippen molar-refractivity contribution in [1.29, 1.82) is 0 Å². The highest BCUT2D eigenvalue weighted by Gasteiger charge is 2.34. The van der Waals surface area contributed by atoms with E-state index in [0.717, 1.165) is 17.5 Å². The molecule has 4 aromatic rings. The molecule has 1 N–H and O–H groups in total. The number of pyridine rings is 1. The Morgan fingerprint density at radius 1 is 1.00 bits per heavy atom. The lowest BCUT2D eigenvalue weighted by atomic mass is 10.1. The standard InChI is InChI=1S/C20H13F3N4O/c21-20(22,23)15-6-2-1-5-14(15)19(28)25-16-7-3-4-13-8-9-17(26-18(13)16)27-11-10-24-12-27/h1-12H,(H,25,28). The Morgan fingerprint density at radius 3 is 2.57 bits per heavy atom. The first kappa shape index (κ1) is 17.7. The molecule has 2 aromatic heterocycles. The second kappa shape index (κ2) is 6.80. The zero-order chi connectivity index (χ0) is 19.7. The predicted molar refractivity (Wildman–Crippen MR) is 98.3 cm³/mol. The minimum absolute atomic E-state index is 0.321. The van der Waals surface area contributed by atoms with Gasteiger partial charge in [0.25, 0.3) is 5.91 Å². The number of halogens is 3. The van der Waals surface area contributed by atoms with Gasteiger partial charge in [-0.25, -0.2) is 9.97 Å². The van der Waals surface area contributed by atoms with E-state index in [1.807, 2.05) is 6.07 Å². The molecule has 8 heteroatoms. The summed E-state index contributed by atoms with van der Waals surface area (Å²) >= 11 is 0. The molecule has 0 atom stereocenters. The van der Waals surface area contributed by atoms with Crippen molar-refractivity contribution in [3.63, 3.8) is 0 Å². The van der Waals surface area contributed by atoms with Crippen molar-refractivity contribution < 1.29 is 18.0 Å². The topological polar surface area (TPSA) is 59.8 Å². The minimum Gasteiger partial charge on any atom is -0.320 e. The van der Waals surface area contributed by atoms with Crippen molar-refractivity contribution >= 4 is 22.5 Å². The third kappa shape index (κ3) is 3.32. The highest BCUT2D eigenvalue weighted by atomic mass is 19.4. The van der Waals surface area contributed by atoms with Crippen LogP contribution in [0.2, 0.25) is 0 Å². The van der Waals surface area contributed by atoms with E-state index in [1.54, 1.807) is 47.6 Å². The average molecular weight is 382 g/mol. The number of nitrogens with zero attached hydrogens (tertiary/aromatic N) is 3. The molecule has 28 heavy (non-hydrogen) atoms. The van der Waals surface area contributed by atoms with E-state index in [0.29, 0.717) is 17.0 Å². The molecule has 5 nitrogen and oxygen atoms in total. The number of imidazole rings is 1. The first-order valence-electron chi connectivity index (χ1n) is 8.29. The number of alkyl halides is 3. The summed E-state index contributed by atoms with van der Waals surface area (Å²) < 4.78 is 41.3. The van der Waals surface area contributed by atoms with Crippen LogP contribution in [0.15, 0.2) is 73.3 Å². The number of hydrogen-bond acceptors (Lipinski definition) is 3. The molecule has 0 radical (unpaired) electrons. The number of carbonyl (C=O) groups is 1. The number of hydrogen-bond donors (Lipinski definition) is 1. The van der Waals surface area contributed by atoms with E-state index in [-0.39, 0.29) is 0 Å². The third-order valence-corrected chi connectivity index (χ3v) is 4.20. The molecule has 0 aliphatic heterocycles. The van der Waals surface area contributed by atoms with Crippen LogP contribution in [0.4, 0.5) is 18.9 Å². The Labute approximate surface area is 157 Å². The minimum atomic E-state index is -4.63. The molecule has 2 heterocycles. The summed E-state index contributed by atoms with van der Waals surface area (Å²) in [6, 6.07) is 13.4. The first-order valence-corrected chi connectivity index (χ1v) is 8.29. The maximum Gasteiger partial charge on any atom is 0.417 e. The Bertz CT molecular complexity index is 1150. The van der Waals surface area contributed by atoms with Crippen LogP contribution in [0, 0.1) is 0 Å². The van der Waals surface area contributed by atoms with Crippen molar-refractivity contribution in [2.75, 3.05) is 5.32 Å². The maximum absolute atomic E-state index is 13.2. The summed E-state index contributed by atoms with van der Waals surface area (Å²) in [6.07, 6.45) is 0.275. The first-order chi connectivity index (χ1) is 13.4. The number of nitrogens with one attached hydrogen (secondary N) is 1. The van der Waals surface area contributed by atoms with Crippen molar-refractivity contribution in [2.45, 2.75) is 6.18 Å². The van der Waals surface area contributed by atoms with Crippen LogP contribution in [0.3, 0.4) is 0 Å². The van der Waals surface area contributed by atoms with Gasteiger partial charge >= 0.3 is 6.18 Å².